The predicted octanol–water partition coefficient (Wildman–Crippen LogP) is -0.0194. The Balaban J connectivity index is 1.58. The standard InChI is InChI=1S/C13H20N2O3/c16-11-3-5-14(6-4-11)13(18)9-7-12(17)15(8-9)10-1-2-10/h9-11,16H,1-8H2. The van der Waals surface area contributed by atoms with Crippen molar-refractivity contribution < 1.29 is 14.7 Å². The minimum absolute atomic E-state index is 0.110. The summed E-state index contributed by atoms with van der Waals surface area (Å²) in [6.07, 6.45) is 3.65. The van der Waals surface area contributed by atoms with Crippen LogP contribution in [-0.4, -0.2) is 58.5 Å². The Morgan fingerprint density at radius 3 is 2.44 bits per heavy atom. The van der Waals surface area contributed by atoms with Gasteiger partial charge in [-0.3, -0.25) is 9.59 Å². The molecule has 3 fully saturated rings. The zero-order chi connectivity index (χ0) is 12.7. The lowest BCUT2D eigenvalue weighted by molar-refractivity contribution is -0.137. The molecule has 2 amide bonds. The zero-order valence-electron chi connectivity index (χ0n) is 10.5. The Morgan fingerprint density at radius 2 is 1.83 bits per heavy atom. The van der Waals surface area contributed by atoms with Crippen LogP contribution in [0.1, 0.15) is 32.1 Å². The molecule has 3 rings (SSSR count). The number of amides is 2. The van der Waals surface area contributed by atoms with Crippen LogP contribution >= 0.6 is 0 Å². The SMILES string of the molecule is O=C(C1CC(=O)N(C2CC2)C1)N1CCC(O)CC1. The van der Waals surface area contributed by atoms with Crippen molar-refractivity contribution in [2.45, 2.75) is 44.2 Å². The first-order valence-corrected chi connectivity index (χ1v) is 6.91. The number of carbonyl (C=O) groups is 2. The van der Waals surface area contributed by atoms with E-state index >= 15 is 0 Å². The van der Waals surface area contributed by atoms with Crippen LogP contribution < -0.4 is 0 Å². The fourth-order valence-corrected chi connectivity index (χ4v) is 2.98. The zero-order valence-corrected chi connectivity index (χ0v) is 10.5. The molecule has 100 valence electrons. The highest BCUT2D eigenvalue weighted by Crippen LogP contribution is 2.33. The summed E-state index contributed by atoms with van der Waals surface area (Å²) >= 11 is 0. The summed E-state index contributed by atoms with van der Waals surface area (Å²) in [5, 5.41) is 9.44. The van der Waals surface area contributed by atoms with Crippen molar-refractivity contribution in [3.63, 3.8) is 0 Å². The highest BCUT2D eigenvalue weighted by Gasteiger charge is 2.43. The fraction of sp³-hybridized carbons (Fsp3) is 0.846. The van der Waals surface area contributed by atoms with E-state index in [1.54, 1.807) is 0 Å². The van der Waals surface area contributed by atoms with E-state index < -0.39 is 0 Å². The van der Waals surface area contributed by atoms with E-state index in [1.807, 2.05) is 9.80 Å². The molecule has 1 atom stereocenters. The van der Waals surface area contributed by atoms with E-state index in [1.165, 1.54) is 0 Å². The van der Waals surface area contributed by atoms with Crippen LogP contribution in [0.3, 0.4) is 0 Å². The molecule has 0 aromatic rings. The molecule has 0 spiro atoms. The maximum absolute atomic E-state index is 12.3. The molecule has 0 radical (unpaired) electrons. The van der Waals surface area contributed by atoms with Gasteiger partial charge >= 0.3 is 0 Å². The van der Waals surface area contributed by atoms with Gasteiger partial charge in [0.25, 0.3) is 0 Å². The molecule has 1 N–H and O–H groups in total. The van der Waals surface area contributed by atoms with E-state index in [-0.39, 0.29) is 23.8 Å². The molecule has 5 nitrogen and oxygen atoms in total. The number of nitrogens with zero attached hydrogens (tertiary/aromatic N) is 2. The third kappa shape index (κ3) is 2.23. The van der Waals surface area contributed by atoms with E-state index in [0.29, 0.717) is 44.9 Å². The number of likely N-dealkylation sites (tertiary alicyclic amines) is 2. The molecule has 5 heteroatoms. The molecule has 1 saturated carbocycles. The first-order chi connectivity index (χ1) is 8.65. The summed E-state index contributed by atoms with van der Waals surface area (Å²) in [6, 6.07) is 0.415. The highest BCUT2D eigenvalue weighted by molar-refractivity contribution is 5.89. The van der Waals surface area contributed by atoms with Gasteiger partial charge in [-0.05, 0) is 25.7 Å². The largest absolute Gasteiger partial charge is 0.393 e. The van der Waals surface area contributed by atoms with Crippen molar-refractivity contribution in [3.8, 4) is 0 Å². The molecule has 3 aliphatic rings. The number of carbonyl (C=O) groups excluding carboxylic acids is 2. The van der Waals surface area contributed by atoms with Gasteiger partial charge in [-0.15, -0.1) is 0 Å². The van der Waals surface area contributed by atoms with Crippen molar-refractivity contribution in [1.82, 2.24) is 9.80 Å². The van der Waals surface area contributed by atoms with Crippen molar-refractivity contribution in [2.24, 2.45) is 5.92 Å². The van der Waals surface area contributed by atoms with Gasteiger partial charge < -0.3 is 14.9 Å². The monoisotopic (exact) mass is 252 g/mol. The number of hydrogen-bond donors (Lipinski definition) is 1. The Labute approximate surface area is 107 Å². The van der Waals surface area contributed by atoms with Gasteiger partial charge in [0.1, 0.15) is 0 Å². The number of aliphatic hydroxyl groups is 1. The molecular formula is C13H20N2O3. The fourth-order valence-electron chi connectivity index (χ4n) is 2.98. The summed E-state index contributed by atoms with van der Waals surface area (Å²) in [5.41, 5.74) is 0. The van der Waals surface area contributed by atoms with Crippen LogP contribution in [0.5, 0.6) is 0 Å². The van der Waals surface area contributed by atoms with Gasteiger partial charge in [0.15, 0.2) is 0 Å². The van der Waals surface area contributed by atoms with E-state index in [0.717, 1.165) is 12.8 Å². The molecule has 0 aromatic carbocycles. The Morgan fingerprint density at radius 1 is 1.17 bits per heavy atom. The molecular weight excluding hydrogens is 232 g/mol. The van der Waals surface area contributed by atoms with Crippen molar-refractivity contribution in [2.75, 3.05) is 19.6 Å². The van der Waals surface area contributed by atoms with Gasteiger partial charge in [-0.25, -0.2) is 0 Å². The summed E-state index contributed by atoms with van der Waals surface area (Å²) in [5.74, 6) is 0.111. The molecule has 1 unspecified atom stereocenters. The Kier molecular flexibility index (Phi) is 3.01. The van der Waals surface area contributed by atoms with Crippen molar-refractivity contribution >= 4 is 11.8 Å². The second-order valence-electron chi connectivity index (χ2n) is 5.73. The number of hydrogen-bond acceptors (Lipinski definition) is 3. The number of aliphatic hydroxyl groups excluding tert-OH is 1. The molecule has 18 heavy (non-hydrogen) atoms. The number of rotatable bonds is 2. The summed E-state index contributed by atoms with van der Waals surface area (Å²) in [7, 11) is 0. The first kappa shape index (κ1) is 12.0. The smallest absolute Gasteiger partial charge is 0.227 e. The molecule has 2 heterocycles. The van der Waals surface area contributed by atoms with Gasteiger partial charge in [-0.1, -0.05) is 0 Å². The minimum Gasteiger partial charge on any atom is -0.393 e. The summed E-state index contributed by atoms with van der Waals surface area (Å²) < 4.78 is 0. The number of piperidine rings is 1. The molecule has 2 aliphatic heterocycles. The molecule has 0 aromatic heterocycles. The normalized spacial score (nSPS) is 30.1. The lowest BCUT2D eigenvalue weighted by atomic mass is 10.0. The Hall–Kier alpha value is -1.10. The average Bonchev–Trinajstić information content (AvgIpc) is 3.13. The average molecular weight is 252 g/mol. The topological polar surface area (TPSA) is 60.9 Å². The van der Waals surface area contributed by atoms with Gasteiger partial charge in [0.05, 0.1) is 12.0 Å². The molecule has 1 aliphatic carbocycles. The lowest BCUT2D eigenvalue weighted by Gasteiger charge is -2.31. The maximum Gasteiger partial charge on any atom is 0.227 e. The van der Waals surface area contributed by atoms with E-state index in [2.05, 4.69) is 0 Å². The van der Waals surface area contributed by atoms with Crippen LogP contribution in [0.2, 0.25) is 0 Å². The minimum atomic E-state index is -0.262. The van der Waals surface area contributed by atoms with Crippen LogP contribution in [-0.2, 0) is 9.59 Å². The van der Waals surface area contributed by atoms with Crippen LogP contribution in [0.4, 0.5) is 0 Å². The van der Waals surface area contributed by atoms with Crippen LogP contribution in [0.25, 0.3) is 0 Å². The predicted molar refractivity (Wildman–Crippen MR) is 64.7 cm³/mol. The lowest BCUT2D eigenvalue weighted by Crippen LogP contribution is -2.43. The van der Waals surface area contributed by atoms with Gasteiger partial charge in [0.2, 0.25) is 11.8 Å². The van der Waals surface area contributed by atoms with Crippen LogP contribution in [0.15, 0.2) is 0 Å². The second-order valence-corrected chi connectivity index (χ2v) is 5.73. The van der Waals surface area contributed by atoms with Crippen LogP contribution in [0, 0.1) is 5.92 Å². The second kappa shape index (κ2) is 4.53. The highest BCUT2D eigenvalue weighted by atomic mass is 16.3. The maximum atomic E-state index is 12.3. The van der Waals surface area contributed by atoms with E-state index in [9.17, 15) is 14.7 Å². The van der Waals surface area contributed by atoms with Crippen molar-refractivity contribution in [1.29, 1.82) is 0 Å². The molecule has 2 saturated heterocycles. The third-order valence-corrected chi connectivity index (χ3v) is 4.27. The first-order valence-electron chi connectivity index (χ1n) is 6.91. The third-order valence-electron chi connectivity index (χ3n) is 4.27. The van der Waals surface area contributed by atoms with Gasteiger partial charge in [-0.2, -0.15) is 0 Å². The molecule has 0 bridgehead atoms. The summed E-state index contributed by atoms with van der Waals surface area (Å²) in [6.45, 7) is 1.88. The van der Waals surface area contributed by atoms with Crippen molar-refractivity contribution in [3.05, 3.63) is 0 Å². The Bertz CT molecular complexity index is 359. The van der Waals surface area contributed by atoms with E-state index in [4.69, 9.17) is 0 Å². The quantitative estimate of drug-likeness (QED) is 0.751. The van der Waals surface area contributed by atoms with Gasteiger partial charge in [0, 0.05) is 32.1 Å². The summed E-state index contributed by atoms with van der Waals surface area (Å²) in [4.78, 5) is 27.8.